The summed E-state index contributed by atoms with van der Waals surface area (Å²) >= 11 is 0. The van der Waals surface area contributed by atoms with Gasteiger partial charge in [-0.3, -0.25) is 10.2 Å². The summed E-state index contributed by atoms with van der Waals surface area (Å²) in [5.41, 5.74) is 34.1. The molecule has 3 saturated heterocycles. The van der Waals surface area contributed by atoms with Crippen LogP contribution in [0, 0.1) is 5.41 Å². The second-order valence-corrected chi connectivity index (χ2v) is 14.0. The van der Waals surface area contributed by atoms with Crippen molar-refractivity contribution in [3.63, 3.8) is 0 Å². The van der Waals surface area contributed by atoms with Crippen LogP contribution >= 0.6 is 0 Å². The van der Waals surface area contributed by atoms with Crippen molar-refractivity contribution in [2.24, 2.45) is 34.4 Å². The van der Waals surface area contributed by atoms with E-state index in [2.05, 4.69) is 10.6 Å². The number of nitrogens with two attached hydrogens (primary N) is 6. The van der Waals surface area contributed by atoms with E-state index in [0.717, 1.165) is 0 Å². The van der Waals surface area contributed by atoms with Crippen LogP contribution in [-0.2, 0) is 33.2 Å². The zero-order valence-electron chi connectivity index (χ0n) is 27.7. The van der Waals surface area contributed by atoms with Crippen molar-refractivity contribution < 1.29 is 58.7 Å². The predicted molar refractivity (Wildman–Crippen MR) is 171 cm³/mol. The van der Waals surface area contributed by atoms with Crippen molar-refractivity contribution in [2.45, 2.75) is 148 Å². The van der Waals surface area contributed by atoms with Gasteiger partial charge in [0.2, 0.25) is 0 Å². The monoisotopic (exact) mass is 721 g/mol. The Kier molecular flexibility index (Phi) is 12.9. The number of aliphatic hydroxyl groups excluding tert-OH is 4. The van der Waals surface area contributed by atoms with E-state index in [9.17, 15) is 30.3 Å². The van der Waals surface area contributed by atoms with Gasteiger partial charge >= 0.3 is 0 Å². The van der Waals surface area contributed by atoms with Gasteiger partial charge in [-0.25, -0.2) is 0 Å². The Balaban J connectivity index is 1.33. The first kappa shape index (κ1) is 39.3. The van der Waals surface area contributed by atoms with E-state index in [0.29, 0.717) is 12.8 Å². The third kappa shape index (κ3) is 8.49. The maximum Gasteiger partial charge on any atom is 0.252 e. The summed E-state index contributed by atoms with van der Waals surface area (Å²) in [5, 5.41) is 67.2. The molecular formula is C29H55N9O12. The van der Waals surface area contributed by atoms with Crippen LogP contribution in [0.1, 0.15) is 38.5 Å². The number of amides is 1. The Hall–Kier alpha value is -1.90. The van der Waals surface area contributed by atoms with Crippen molar-refractivity contribution >= 4 is 11.9 Å². The van der Waals surface area contributed by atoms with Crippen LogP contribution in [0.3, 0.4) is 0 Å². The van der Waals surface area contributed by atoms with Crippen molar-refractivity contribution in [2.75, 3.05) is 19.7 Å². The lowest BCUT2D eigenvalue weighted by atomic mass is 9.74. The van der Waals surface area contributed by atoms with Gasteiger partial charge < -0.3 is 99.0 Å². The second-order valence-electron chi connectivity index (χ2n) is 14.0. The van der Waals surface area contributed by atoms with Crippen molar-refractivity contribution in [1.29, 1.82) is 5.41 Å². The molecule has 2 aliphatic carbocycles. The van der Waals surface area contributed by atoms with Gasteiger partial charge in [-0.1, -0.05) is 0 Å². The van der Waals surface area contributed by atoms with Gasteiger partial charge in [0, 0.05) is 44.4 Å². The highest BCUT2D eigenvalue weighted by molar-refractivity contribution is 5.87. The maximum absolute atomic E-state index is 13.2. The summed E-state index contributed by atoms with van der Waals surface area (Å²) < 4.78 is 36.0. The molecule has 2 saturated carbocycles. The van der Waals surface area contributed by atoms with Gasteiger partial charge in [0.05, 0.1) is 43.0 Å². The van der Waals surface area contributed by atoms with Crippen molar-refractivity contribution in [3.05, 3.63) is 0 Å². The molecule has 5 aliphatic rings. The van der Waals surface area contributed by atoms with E-state index in [1.165, 1.54) is 0 Å². The van der Waals surface area contributed by atoms with Crippen LogP contribution in [0.25, 0.3) is 0 Å². The van der Waals surface area contributed by atoms with E-state index >= 15 is 0 Å². The Bertz CT molecular complexity index is 1160. The van der Waals surface area contributed by atoms with Crippen molar-refractivity contribution in [3.8, 4) is 0 Å². The minimum absolute atomic E-state index is 0.0223. The molecule has 0 spiro atoms. The molecule has 21 heteroatoms. The minimum atomic E-state index is -1.79. The summed E-state index contributed by atoms with van der Waals surface area (Å²) in [6, 6.07) is -3.93. The highest BCUT2D eigenvalue weighted by Gasteiger charge is 2.55. The third-order valence-electron chi connectivity index (χ3n) is 10.2. The van der Waals surface area contributed by atoms with Crippen LogP contribution in [0.4, 0.5) is 0 Å². The van der Waals surface area contributed by atoms with Gasteiger partial charge in [0.1, 0.15) is 42.2 Å². The molecule has 3 heterocycles. The molecule has 3 aliphatic heterocycles. The standard InChI is InChI=1S/C29H55N9O12/c30-7-11-1-2-13(32)24(45-11)48-21-14(33)4-15(38-27(43)29(44)5-10(6-29)37-28(35)36)19(41)23(21)50-26-20(42)22(17(9-39)47-26)49-25-18(34)16(40)3-12(8-31)46-25/h10-26,39-42,44H,1-9,30-34H2,(H,38,43)(H4,35,36,37)/t10?,11-,12+,13+,14-,15+,16-,17+,18+,19-,20+,21+,22+,23+,24+,25+,26-,29?/m0/s1. The SMILES string of the molecule is N=C(N)NC1CC(O)(C(=O)N[C@@H]2C[C@H](N)[C@@H](O[C@H]3O[C@H](CN)CC[C@H]3N)[C@H](O[C@@H]3O[C@H](CO)[C@@H](O[C@H]4O[C@@H](CN)C[C@H](O)[C@H]4N)[C@H]3O)[C@H]2O)C1. The number of ether oxygens (including phenoxy) is 6. The number of hydrogen-bond acceptors (Lipinski definition) is 18. The molecule has 5 rings (SSSR count). The molecule has 16 atom stereocenters. The number of carbonyl (C=O) groups excluding carboxylic acids is 1. The molecule has 0 aromatic carbocycles. The number of carbonyl (C=O) groups is 1. The largest absolute Gasteiger partial charge is 0.394 e. The Morgan fingerprint density at radius 1 is 0.820 bits per heavy atom. The Morgan fingerprint density at radius 3 is 2.10 bits per heavy atom. The summed E-state index contributed by atoms with van der Waals surface area (Å²) in [4.78, 5) is 13.2. The first-order chi connectivity index (χ1) is 23.7. The van der Waals surface area contributed by atoms with Crippen LogP contribution in [0.15, 0.2) is 0 Å². The van der Waals surface area contributed by atoms with Gasteiger partial charge in [0.15, 0.2) is 24.8 Å². The zero-order chi connectivity index (χ0) is 36.5. The predicted octanol–water partition coefficient (Wildman–Crippen LogP) is -7.27. The van der Waals surface area contributed by atoms with E-state index in [1.807, 2.05) is 0 Å². The van der Waals surface area contributed by atoms with Crippen LogP contribution in [-0.4, -0.2) is 167 Å². The smallest absolute Gasteiger partial charge is 0.252 e. The summed E-state index contributed by atoms with van der Waals surface area (Å²) in [6.45, 7) is -0.328. The van der Waals surface area contributed by atoms with E-state index in [4.69, 9.17) is 68.2 Å². The van der Waals surface area contributed by atoms with Gasteiger partial charge in [0.25, 0.3) is 5.91 Å². The fourth-order valence-corrected chi connectivity index (χ4v) is 7.27. The average Bonchev–Trinajstić information content (AvgIpc) is 3.35. The summed E-state index contributed by atoms with van der Waals surface area (Å²) in [6.07, 6.45) is -12.5. The lowest BCUT2D eigenvalue weighted by molar-refractivity contribution is -0.288. The lowest BCUT2D eigenvalue weighted by Gasteiger charge is -2.48. The van der Waals surface area contributed by atoms with Gasteiger partial charge in [-0.15, -0.1) is 0 Å². The molecule has 0 unspecified atom stereocenters. The molecular weight excluding hydrogens is 666 g/mol. The molecule has 0 bridgehead atoms. The third-order valence-corrected chi connectivity index (χ3v) is 10.2. The molecule has 1 amide bonds. The average molecular weight is 722 g/mol. The zero-order valence-corrected chi connectivity index (χ0v) is 27.7. The van der Waals surface area contributed by atoms with Crippen LogP contribution in [0.2, 0.25) is 0 Å². The topological polar surface area (TPSA) is 378 Å². The lowest BCUT2D eigenvalue weighted by Crippen LogP contribution is -2.69. The van der Waals surface area contributed by atoms with Crippen LogP contribution < -0.4 is 45.0 Å². The molecule has 0 aromatic rings. The van der Waals surface area contributed by atoms with E-state index in [1.54, 1.807) is 0 Å². The quantitative estimate of drug-likeness (QED) is 0.0657. The minimum Gasteiger partial charge on any atom is -0.394 e. The second kappa shape index (κ2) is 16.4. The van der Waals surface area contributed by atoms with E-state index < -0.39 is 110 Å². The fraction of sp³-hybridized carbons (Fsp3) is 0.931. The Labute approximate surface area is 289 Å². The normalized spacial score (nSPS) is 48.1. The highest BCUT2D eigenvalue weighted by Crippen LogP contribution is 2.36. The molecule has 5 fully saturated rings. The molecule has 0 aromatic heterocycles. The number of aliphatic hydroxyl groups is 5. The Morgan fingerprint density at radius 2 is 1.46 bits per heavy atom. The van der Waals surface area contributed by atoms with Crippen LogP contribution in [0.5, 0.6) is 0 Å². The first-order valence-corrected chi connectivity index (χ1v) is 17.1. The van der Waals surface area contributed by atoms with Gasteiger partial charge in [-0.2, -0.15) is 0 Å². The molecule has 20 N–H and O–H groups in total. The molecule has 288 valence electrons. The summed E-state index contributed by atoms with van der Waals surface area (Å²) in [7, 11) is 0. The van der Waals surface area contributed by atoms with E-state index in [-0.39, 0.29) is 56.9 Å². The number of nitrogens with one attached hydrogen (secondary N) is 3. The molecule has 50 heavy (non-hydrogen) atoms. The number of rotatable bonds is 12. The number of hydrogen-bond donors (Lipinski definition) is 14. The maximum atomic E-state index is 13.2. The highest BCUT2D eigenvalue weighted by atomic mass is 16.8. The molecule has 0 radical (unpaired) electrons. The fourth-order valence-electron chi connectivity index (χ4n) is 7.27. The molecule has 21 nitrogen and oxygen atoms in total. The first-order valence-electron chi connectivity index (χ1n) is 17.1. The van der Waals surface area contributed by atoms with Crippen molar-refractivity contribution in [1.82, 2.24) is 10.6 Å². The number of guanidine groups is 1. The van der Waals surface area contributed by atoms with Gasteiger partial charge in [-0.05, 0) is 19.3 Å². The summed E-state index contributed by atoms with van der Waals surface area (Å²) in [5.74, 6) is -1.07.